The molecule has 0 bridgehead atoms. The Hall–Kier alpha value is -0.990. The summed E-state index contributed by atoms with van der Waals surface area (Å²) < 4.78 is 11.4. The number of hydrogen-bond donors (Lipinski definition) is 0. The third kappa shape index (κ3) is 1.55. The van der Waals surface area contributed by atoms with Crippen molar-refractivity contribution >= 4 is 21.9 Å². The Bertz CT molecular complexity index is 418. The number of rotatable bonds is 1. The van der Waals surface area contributed by atoms with Crippen LogP contribution in [0.15, 0.2) is 47.4 Å². The van der Waals surface area contributed by atoms with E-state index in [0.29, 0.717) is 0 Å². The van der Waals surface area contributed by atoms with Gasteiger partial charge in [0.1, 0.15) is 6.26 Å². The van der Waals surface area contributed by atoms with Gasteiger partial charge in [-0.1, -0.05) is 30.3 Å². The summed E-state index contributed by atoms with van der Waals surface area (Å²) in [5.74, 6) is 0. The molecule has 0 spiro atoms. The summed E-state index contributed by atoms with van der Waals surface area (Å²) in [6, 6.07) is 13.9. The number of hydrogen-bond acceptors (Lipinski definition) is 1. The van der Waals surface area contributed by atoms with Crippen LogP contribution in [0.1, 0.15) is 0 Å². The molecule has 13 heavy (non-hydrogen) atoms. The van der Waals surface area contributed by atoms with Crippen molar-refractivity contribution in [2.75, 3.05) is 6.26 Å². The van der Waals surface area contributed by atoms with Gasteiger partial charge in [-0.2, -0.15) is 0 Å². The first-order valence-corrected chi connectivity index (χ1v) is 5.66. The van der Waals surface area contributed by atoms with Crippen LogP contribution >= 0.6 is 0 Å². The summed E-state index contributed by atoms with van der Waals surface area (Å²) in [5, 5.41) is 2.24. The zero-order valence-corrected chi connectivity index (χ0v) is 8.17. The minimum absolute atomic E-state index is 0.904. The first-order valence-electron chi connectivity index (χ1n) is 4.10. The normalized spacial score (nSPS) is 13.1. The molecule has 2 aromatic carbocycles. The molecule has 0 unspecified atom stereocenters. The molecule has 66 valence electrons. The van der Waals surface area contributed by atoms with Crippen LogP contribution < -0.4 is 0 Å². The quantitative estimate of drug-likeness (QED) is 0.634. The Morgan fingerprint density at radius 3 is 2.46 bits per heavy atom. The molecule has 1 nitrogen and oxygen atoms in total. The lowest BCUT2D eigenvalue weighted by Crippen LogP contribution is -1.97. The van der Waals surface area contributed by atoms with Crippen LogP contribution in [0.3, 0.4) is 0 Å². The Morgan fingerprint density at radius 2 is 1.69 bits per heavy atom. The summed E-state index contributed by atoms with van der Waals surface area (Å²) >= 11 is -0.904. The molecule has 2 heteroatoms. The monoisotopic (exact) mass is 190 g/mol. The zero-order chi connectivity index (χ0) is 9.26. The highest BCUT2D eigenvalue weighted by Crippen LogP contribution is 2.22. The maximum Gasteiger partial charge on any atom is 0.160 e. The van der Waals surface area contributed by atoms with Crippen molar-refractivity contribution in [3.63, 3.8) is 0 Å². The summed E-state index contributed by atoms with van der Waals surface area (Å²) in [7, 11) is 0. The van der Waals surface area contributed by atoms with Gasteiger partial charge in [-0.15, -0.1) is 0 Å². The molecule has 0 heterocycles. The fourth-order valence-electron chi connectivity index (χ4n) is 1.45. The predicted molar refractivity (Wildman–Crippen MR) is 56.3 cm³/mol. The minimum atomic E-state index is -0.904. The predicted octanol–water partition coefficient (Wildman–Crippen LogP) is 2.58. The lowest BCUT2D eigenvalue weighted by molar-refractivity contribution is 0.601. The van der Waals surface area contributed by atoms with Gasteiger partial charge in [-0.05, 0) is 28.7 Å². The van der Waals surface area contributed by atoms with E-state index in [1.807, 2.05) is 42.5 Å². The van der Waals surface area contributed by atoms with E-state index >= 15 is 0 Å². The third-order valence-corrected chi connectivity index (χ3v) is 3.03. The van der Waals surface area contributed by atoms with Gasteiger partial charge in [0.25, 0.3) is 0 Å². The smallest absolute Gasteiger partial charge is 0.160 e. The molecule has 0 saturated carbocycles. The van der Waals surface area contributed by atoms with Crippen molar-refractivity contribution in [3.05, 3.63) is 42.5 Å². The highest BCUT2D eigenvalue weighted by atomic mass is 32.2. The number of fused-ring (bicyclic) bond motifs is 1. The van der Waals surface area contributed by atoms with Gasteiger partial charge >= 0.3 is 0 Å². The van der Waals surface area contributed by atoms with Gasteiger partial charge in [0.15, 0.2) is 4.90 Å². The molecule has 0 fully saturated rings. The molecule has 2 rings (SSSR count). The lowest BCUT2D eigenvalue weighted by atomic mass is 10.1. The van der Waals surface area contributed by atoms with Crippen molar-refractivity contribution in [3.8, 4) is 0 Å². The Kier molecular flexibility index (Phi) is 2.25. The summed E-state index contributed by atoms with van der Waals surface area (Å²) in [5.41, 5.74) is 0. The lowest BCUT2D eigenvalue weighted by Gasteiger charge is -2.06. The molecule has 2 aromatic rings. The first-order chi connectivity index (χ1) is 6.29. The molecule has 0 aromatic heterocycles. The van der Waals surface area contributed by atoms with Crippen molar-refractivity contribution in [1.82, 2.24) is 0 Å². The van der Waals surface area contributed by atoms with Crippen LogP contribution in [0.2, 0.25) is 0 Å². The van der Waals surface area contributed by atoms with E-state index in [1.54, 1.807) is 6.26 Å². The van der Waals surface area contributed by atoms with E-state index in [-0.39, 0.29) is 0 Å². The van der Waals surface area contributed by atoms with Crippen LogP contribution in [0.4, 0.5) is 0 Å². The molecule has 0 aliphatic rings. The van der Waals surface area contributed by atoms with Crippen LogP contribution in [0.5, 0.6) is 0 Å². The van der Waals surface area contributed by atoms with E-state index in [1.165, 1.54) is 0 Å². The molecule has 0 aliphatic heterocycles. The van der Waals surface area contributed by atoms with Crippen molar-refractivity contribution in [1.29, 1.82) is 0 Å². The Labute approximate surface area is 80.6 Å². The van der Waals surface area contributed by atoms with E-state index in [2.05, 4.69) is 0 Å². The topological polar surface area (TPSA) is 23.1 Å². The van der Waals surface area contributed by atoms with E-state index in [0.717, 1.165) is 15.7 Å². The fraction of sp³-hybridized carbons (Fsp3) is 0.0909. The summed E-state index contributed by atoms with van der Waals surface area (Å²) in [6.07, 6.45) is 1.71. The van der Waals surface area contributed by atoms with Gasteiger partial charge < -0.3 is 4.55 Å². The Morgan fingerprint density at radius 1 is 1.00 bits per heavy atom. The second-order valence-electron chi connectivity index (χ2n) is 2.93. The van der Waals surface area contributed by atoms with Crippen molar-refractivity contribution in [2.24, 2.45) is 0 Å². The summed E-state index contributed by atoms with van der Waals surface area (Å²) in [6.45, 7) is 0. The van der Waals surface area contributed by atoms with E-state index < -0.39 is 11.2 Å². The van der Waals surface area contributed by atoms with Crippen LogP contribution in [-0.4, -0.2) is 10.8 Å². The van der Waals surface area contributed by atoms with E-state index in [4.69, 9.17) is 0 Å². The molecular weight excluding hydrogens is 180 g/mol. The largest absolute Gasteiger partial charge is 0.612 e. The average molecular weight is 190 g/mol. The third-order valence-electron chi connectivity index (χ3n) is 2.06. The summed E-state index contributed by atoms with van der Waals surface area (Å²) in [4.78, 5) is 0.915. The first kappa shape index (κ1) is 8.60. The highest BCUT2D eigenvalue weighted by molar-refractivity contribution is 7.91. The maximum absolute atomic E-state index is 11.4. The Balaban J connectivity index is 2.76. The highest BCUT2D eigenvalue weighted by Gasteiger charge is 2.07. The fourth-order valence-corrected chi connectivity index (χ4v) is 2.21. The van der Waals surface area contributed by atoms with E-state index in [9.17, 15) is 4.55 Å². The van der Waals surface area contributed by atoms with Crippen molar-refractivity contribution < 1.29 is 4.55 Å². The molecule has 0 N–H and O–H groups in total. The molecule has 0 aliphatic carbocycles. The van der Waals surface area contributed by atoms with Crippen LogP contribution in [0.25, 0.3) is 10.8 Å². The molecular formula is C11H10OS. The SMILES string of the molecule is C[S@+]([O-])c1cccc2ccccc12. The number of benzene rings is 2. The average Bonchev–Trinajstić information content (AvgIpc) is 2.17. The molecule has 0 radical (unpaired) electrons. The second kappa shape index (κ2) is 3.40. The van der Waals surface area contributed by atoms with Gasteiger partial charge in [-0.25, -0.2) is 0 Å². The van der Waals surface area contributed by atoms with Crippen LogP contribution in [-0.2, 0) is 11.2 Å². The van der Waals surface area contributed by atoms with Gasteiger partial charge in [0, 0.05) is 5.39 Å². The molecule has 0 saturated heterocycles. The zero-order valence-electron chi connectivity index (χ0n) is 7.36. The molecule has 0 amide bonds. The van der Waals surface area contributed by atoms with Crippen LogP contribution in [0, 0.1) is 0 Å². The van der Waals surface area contributed by atoms with Crippen molar-refractivity contribution in [2.45, 2.75) is 4.90 Å². The van der Waals surface area contributed by atoms with Gasteiger partial charge in [0.2, 0.25) is 0 Å². The standard InChI is InChI=1S/C11H10OS/c1-13(12)11-8-4-6-9-5-2-3-7-10(9)11/h2-8H,1H3/t13-/m0/s1. The minimum Gasteiger partial charge on any atom is -0.612 e. The second-order valence-corrected chi connectivity index (χ2v) is 4.28. The van der Waals surface area contributed by atoms with Gasteiger partial charge in [-0.3, -0.25) is 0 Å². The van der Waals surface area contributed by atoms with Gasteiger partial charge in [0.05, 0.1) is 0 Å². The molecule has 1 atom stereocenters. The maximum atomic E-state index is 11.4.